The van der Waals surface area contributed by atoms with Crippen LogP contribution in [0.2, 0.25) is 5.02 Å². The molecule has 2 unspecified atom stereocenters. The summed E-state index contributed by atoms with van der Waals surface area (Å²) in [4.78, 5) is 2.31. The maximum Gasteiger partial charge on any atom is 0.0750 e. The van der Waals surface area contributed by atoms with Gasteiger partial charge >= 0.3 is 0 Å². The van der Waals surface area contributed by atoms with Gasteiger partial charge in [-0.1, -0.05) is 27.5 Å². The van der Waals surface area contributed by atoms with E-state index in [0.717, 1.165) is 23.4 Å². The summed E-state index contributed by atoms with van der Waals surface area (Å²) in [7, 11) is 2.13. The Bertz CT molecular complexity index is 399. The number of nitrogens with zero attached hydrogens (tertiary/aromatic N) is 1. The third-order valence-electron chi connectivity index (χ3n) is 3.40. The van der Waals surface area contributed by atoms with E-state index in [2.05, 4.69) is 40.9 Å². The Hall–Kier alpha value is -0.250. The van der Waals surface area contributed by atoms with Crippen LogP contribution in [0.3, 0.4) is 0 Å². The summed E-state index contributed by atoms with van der Waals surface area (Å²) in [6.45, 7) is 2.99. The Labute approximate surface area is 116 Å². The average Bonchev–Trinajstić information content (AvgIpc) is 2.74. The highest BCUT2D eigenvalue weighted by atomic mass is 79.9. The van der Waals surface area contributed by atoms with Crippen LogP contribution in [-0.4, -0.2) is 25.8 Å². The first-order valence-electron chi connectivity index (χ1n) is 5.82. The maximum absolute atomic E-state index is 6.02. The van der Waals surface area contributed by atoms with E-state index in [-0.39, 0.29) is 0 Å². The van der Waals surface area contributed by atoms with Crippen molar-refractivity contribution in [3.63, 3.8) is 0 Å². The minimum atomic E-state index is 0.291. The topological polar surface area (TPSA) is 12.5 Å². The van der Waals surface area contributed by atoms with Gasteiger partial charge in [-0.2, -0.15) is 0 Å². The minimum Gasteiger partial charge on any atom is -0.376 e. The molecule has 2 rings (SSSR count). The van der Waals surface area contributed by atoms with Gasteiger partial charge in [0.05, 0.1) is 12.1 Å². The summed E-state index contributed by atoms with van der Waals surface area (Å²) in [5.74, 6) is 0. The fourth-order valence-corrected chi connectivity index (χ4v) is 3.06. The van der Waals surface area contributed by atoms with Gasteiger partial charge in [0.2, 0.25) is 0 Å². The smallest absolute Gasteiger partial charge is 0.0750 e. The van der Waals surface area contributed by atoms with E-state index in [0.29, 0.717) is 12.1 Å². The molecule has 0 amide bonds. The lowest BCUT2D eigenvalue weighted by atomic mass is 10.1. The Morgan fingerprint density at radius 1 is 1.53 bits per heavy atom. The molecule has 1 heterocycles. The first-order valence-corrected chi connectivity index (χ1v) is 7.32. The van der Waals surface area contributed by atoms with E-state index in [1.165, 1.54) is 11.3 Å². The van der Waals surface area contributed by atoms with Crippen molar-refractivity contribution in [3.05, 3.63) is 28.8 Å². The first kappa shape index (κ1) is 13.2. The van der Waals surface area contributed by atoms with E-state index in [4.69, 9.17) is 16.3 Å². The van der Waals surface area contributed by atoms with Crippen molar-refractivity contribution >= 4 is 33.2 Å². The second-order valence-corrected chi connectivity index (χ2v) is 5.45. The molecule has 17 heavy (non-hydrogen) atoms. The molecular weight excluding hydrogens is 302 g/mol. The number of anilines is 1. The molecule has 0 aromatic heterocycles. The molecule has 1 aromatic carbocycles. The van der Waals surface area contributed by atoms with Gasteiger partial charge in [0.15, 0.2) is 0 Å². The second-order valence-electron chi connectivity index (χ2n) is 4.45. The molecule has 2 nitrogen and oxygen atoms in total. The van der Waals surface area contributed by atoms with Gasteiger partial charge in [-0.3, -0.25) is 0 Å². The third kappa shape index (κ3) is 2.78. The second kappa shape index (κ2) is 5.59. The number of hydrogen-bond acceptors (Lipinski definition) is 2. The van der Waals surface area contributed by atoms with Gasteiger partial charge < -0.3 is 9.64 Å². The summed E-state index contributed by atoms with van der Waals surface area (Å²) in [6.07, 6.45) is 1.38. The molecule has 0 spiro atoms. The lowest BCUT2D eigenvalue weighted by Crippen LogP contribution is -2.37. The van der Waals surface area contributed by atoms with Crippen molar-refractivity contribution in [2.24, 2.45) is 0 Å². The van der Waals surface area contributed by atoms with Crippen LogP contribution in [0.4, 0.5) is 5.69 Å². The van der Waals surface area contributed by atoms with Crippen molar-refractivity contribution < 1.29 is 4.74 Å². The van der Waals surface area contributed by atoms with Crippen LogP contribution in [0.1, 0.15) is 18.9 Å². The number of alkyl halides is 1. The average molecular weight is 319 g/mol. The van der Waals surface area contributed by atoms with Crippen molar-refractivity contribution in [2.45, 2.75) is 30.8 Å². The third-order valence-corrected chi connectivity index (χ3v) is 4.24. The maximum atomic E-state index is 6.02. The van der Waals surface area contributed by atoms with E-state index in [1.807, 2.05) is 12.1 Å². The van der Waals surface area contributed by atoms with Crippen molar-refractivity contribution in [1.82, 2.24) is 0 Å². The molecule has 1 aliphatic heterocycles. The monoisotopic (exact) mass is 317 g/mol. The number of hydrogen-bond donors (Lipinski definition) is 0. The molecule has 2 atom stereocenters. The highest BCUT2D eigenvalue weighted by Crippen LogP contribution is 2.30. The molecule has 0 saturated carbocycles. The number of rotatable bonds is 3. The molecule has 0 N–H and O–H groups in total. The van der Waals surface area contributed by atoms with Gasteiger partial charge in [0, 0.05) is 29.7 Å². The number of halogens is 2. The van der Waals surface area contributed by atoms with Crippen LogP contribution in [0.25, 0.3) is 0 Å². The quantitative estimate of drug-likeness (QED) is 0.785. The molecule has 0 radical (unpaired) electrons. The Balaban J connectivity index is 2.26. The fraction of sp³-hybridized carbons (Fsp3) is 0.538. The Kier molecular flexibility index (Phi) is 4.34. The predicted octanol–water partition coefficient (Wildman–Crippen LogP) is 3.85. The summed E-state index contributed by atoms with van der Waals surface area (Å²) in [5.41, 5.74) is 2.45. The van der Waals surface area contributed by atoms with Crippen LogP contribution >= 0.6 is 27.5 Å². The highest BCUT2D eigenvalue weighted by Gasteiger charge is 2.28. The van der Waals surface area contributed by atoms with Crippen molar-refractivity contribution in [2.75, 3.05) is 18.6 Å². The Morgan fingerprint density at radius 3 is 2.88 bits per heavy atom. The van der Waals surface area contributed by atoms with Crippen LogP contribution in [0.5, 0.6) is 0 Å². The number of likely N-dealkylation sites (N-methyl/N-ethyl adjacent to an activating group) is 1. The van der Waals surface area contributed by atoms with Gasteiger partial charge in [-0.25, -0.2) is 0 Å². The van der Waals surface area contributed by atoms with E-state index in [1.54, 1.807) is 0 Å². The van der Waals surface area contributed by atoms with Gasteiger partial charge in [0.1, 0.15) is 0 Å². The largest absolute Gasteiger partial charge is 0.376 e. The molecule has 1 aromatic rings. The minimum absolute atomic E-state index is 0.291. The predicted molar refractivity (Wildman–Crippen MR) is 76.3 cm³/mol. The standard InChI is InChI=1S/C13H17BrClNO/c1-9-12(5-6-17-9)16(2)13-4-3-11(15)7-10(13)8-14/h3-4,7,9,12H,5-6,8H2,1-2H3. The lowest BCUT2D eigenvalue weighted by Gasteiger charge is -2.30. The fourth-order valence-electron chi connectivity index (χ4n) is 2.41. The molecule has 1 saturated heterocycles. The molecule has 0 bridgehead atoms. The molecule has 94 valence electrons. The zero-order valence-corrected chi connectivity index (χ0v) is 12.5. The molecular formula is C13H17BrClNO. The van der Waals surface area contributed by atoms with Gasteiger partial charge in [-0.05, 0) is 37.1 Å². The normalized spacial score (nSPS) is 24.0. The highest BCUT2D eigenvalue weighted by molar-refractivity contribution is 9.08. The van der Waals surface area contributed by atoms with Crippen LogP contribution in [-0.2, 0) is 10.1 Å². The zero-order valence-electron chi connectivity index (χ0n) is 10.1. The van der Waals surface area contributed by atoms with Crippen LogP contribution < -0.4 is 4.90 Å². The van der Waals surface area contributed by atoms with E-state index >= 15 is 0 Å². The van der Waals surface area contributed by atoms with Crippen LogP contribution in [0, 0.1) is 0 Å². The van der Waals surface area contributed by atoms with Crippen molar-refractivity contribution in [1.29, 1.82) is 0 Å². The van der Waals surface area contributed by atoms with Gasteiger partial charge in [-0.15, -0.1) is 0 Å². The molecule has 0 aliphatic carbocycles. The SMILES string of the molecule is CC1OCCC1N(C)c1ccc(Cl)cc1CBr. The van der Waals surface area contributed by atoms with Crippen LogP contribution in [0.15, 0.2) is 18.2 Å². The van der Waals surface area contributed by atoms with E-state index in [9.17, 15) is 0 Å². The first-order chi connectivity index (χ1) is 8.13. The number of benzene rings is 1. The van der Waals surface area contributed by atoms with Crippen molar-refractivity contribution in [3.8, 4) is 0 Å². The summed E-state index contributed by atoms with van der Waals surface area (Å²) in [6, 6.07) is 6.50. The molecule has 1 fully saturated rings. The van der Waals surface area contributed by atoms with Gasteiger partial charge in [0.25, 0.3) is 0 Å². The Morgan fingerprint density at radius 2 is 2.29 bits per heavy atom. The molecule has 4 heteroatoms. The number of ether oxygens (including phenoxy) is 1. The summed E-state index contributed by atoms with van der Waals surface area (Å²) >= 11 is 9.54. The van der Waals surface area contributed by atoms with E-state index < -0.39 is 0 Å². The zero-order chi connectivity index (χ0) is 12.4. The summed E-state index contributed by atoms with van der Waals surface area (Å²) in [5, 5.41) is 1.60. The molecule has 1 aliphatic rings. The lowest BCUT2D eigenvalue weighted by molar-refractivity contribution is 0.118. The summed E-state index contributed by atoms with van der Waals surface area (Å²) < 4.78 is 5.63.